The largest absolute Gasteiger partial charge is 0.478 e. The van der Waals surface area contributed by atoms with Crippen molar-refractivity contribution < 1.29 is 19.1 Å². The number of rotatable bonds is 4. The van der Waals surface area contributed by atoms with Crippen molar-refractivity contribution in [1.29, 1.82) is 0 Å². The maximum atomic E-state index is 13.1. The third-order valence-corrected chi connectivity index (χ3v) is 4.92. The molecule has 2 rings (SSSR count). The molecule has 0 spiro atoms. The molecule has 7 heteroatoms. The minimum Gasteiger partial charge on any atom is -0.478 e. The lowest BCUT2D eigenvalue weighted by molar-refractivity contribution is 0.0697. The van der Waals surface area contributed by atoms with E-state index in [1.807, 2.05) is 11.8 Å². The first-order chi connectivity index (χ1) is 9.89. The fourth-order valence-electron chi connectivity index (χ4n) is 2.21. The van der Waals surface area contributed by atoms with Crippen LogP contribution in [0.3, 0.4) is 0 Å². The third kappa shape index (κ3) is 4.10. The van der Waals surface area contributed by atoms with Gasteiger partial charge in [-0.25, -0.2) is 14.0 Å². The van der Waals surface area contributed by atoms with Gasteiger partial charge < -0.3 is 15.7 Å². The molecule has 1 aromatic rings. The van der Waals surface area contributed by atoms with Crippen molar-refractivity contribution in [3.63, 3.8) is 0 Å². The normalized spacial score (nSPS) is 21.0. The van der Waals surface area contributed by atoms with E-state index in [1.54, 1.807) is 0 Å². The number of nitrogens with one attached hydrogen (secondary N) is 2. The molecule has 0 aromatic heterocycles. The Morgan fingerprint density at radius 1 is 1.48 bits per heavy atom. The smallest absolute Gasteiger partial charge is 0.337 e. The minimum atomic E-state index is -1.29. The Balaban J connectivity index is 1.98. The van der Waals surface area contributed by atoms with Gasteiger partial charge in [-0.15, -0.1) is 0 Å². The number of benzene rings is 1. The topological polar surface area (TPSA) is 78.4 Å². The number of thioether (sulfide) groups is 1. The number of amides is 2. The van der Waals surface area contributed by atoms with E-state index in [9.17, 15) is 14.0 Å². The van der Waals surface area contributed by atoms with Gasteiger partial charge in [0.05, 0.1) is 11.3 Å². The van der Waals surface area contributed by atoms with Crippen LogP contribution in [0.15, 0.2) is 18.2 Å². The summed E-state index contributed by atoms with van der Waals surface area (Å²) in [7, 11) is 0. The zero-order valence-electron chi connectivity index (χ0n) is 11.6. The van der Waals surface area contributed by atoms with Crippen LogP contribution in [0.2, 0.25) is 0 Å². The number of halogens is 1. The van der Waals surface area contributed by atoms with Crippen LogP contribution in [-0.4, -0.2) is 34.2 Å². The van der Waals surface area contributed by atoms with Crippen LogP contribution < -0.4 is 10.6 Å². The summed E-state index contributed by atoms with van der Waals surface area (Å²) in [4.78, 5) is 22.9. The van der Waals surface area contributed by atoms with Crippen molar-refractivity contribution in [2.75, 3.05) is 17.6 Å². The predicted molar refractivity (Wildman–Crippen MR) is 80.5 cm³/mol. The van der Waals surface area contributed by atoms with E-state index in [1.165, 1.54) is 6.07 Å². The van der Waals surface area contributed by atoms with Gasteiger partial charge in [-0.1, -0.05) is 0 Å². The first kappa shape index (κ1) is 15.6. The molecule has 1 atom stereocenters. The number of carbonyl (C=O) groups excluding carboxylic acids is 1. The van der Waals surface area contributed by atoms with Crippen molar-refractivity contribution >= 4 is 29.4 Å². The average molecular weight is 312 g/mol. The van der Waals surface area contributed by atoms with Crippen molar-refractivity contribution in [3.05, 3.63) is 29.6 Å². The van der Waals surface area contributed by atoms with Crippen LogP contribution in [0.25, 0.3) is 0 Å². The molecule has 21 heavy (non-hydrogen) atoms. The number of carbonyl (C=O) groups is 2. The molecule has 1 unspecified atom stereocenters. The molecule has 1 aliphatic heterocycles. The Kier molecular flexibility index (Phi) is 4.72. The number of urea groups is 1. The van der Waals surface area contributed by atoms with Crippen LogP contribution in [0, 0.1) is 5.82 Å². The van der Waals surface area contributed by atoms with E-state index >= 15 is 0 Å². The number of carboxylic acid groups (broad SMARTS) is 1. The van der Waals surface area contributed by atoms with E-state index in [-0.39, 0.29) is 16.0 Å². The van der Waals surface area contributed by atoms with E-state index in [2.05, 4.69) is 17.6 Å². The summed E-state index contributed by atoms with van der Waals surface area (Å²) in [6, 6.07) is 2.74. The van der Waals surface area contributed by atoms with Crippen molar-refractivity contribution in [3.8, 4) is 0 Å². The number of hydrogen-bond donors (Lipinski definition) is 3. The fourth-order valence-corrected chi connectivity index (χ4v) is 3.46. The molecular formula is C14H17FN2O3S. The second kappa shape index (κ2) is 6.34. The number of hydrogen-bond acceptors (Lipinski definition) is 3. The number of aromatic carboxylic acids is 1. The van der Waals surface area contributed by atoms with Gasteiger partial charge in [-0.2, -0.15) is 11.8 Å². The van der Waals surface area contributed by atoms with Gasteiger partial charge in [0, 0.05) is 11.3 Å². The highest BCUT2D eigenvalue weighted by atomic mass is 32.2. The SMILES string of the molecule is CC1(CNC(=O)Nc2ccc(F)cc2C(=O)O)CCCS1. The predicted octanol–water partition coefficient (Wildman–Crippen LogP) is 2.93. The molecule has 114 valence electrons. The molecule has 5 nitrogen and oxygen atoms in total. The van der Waals surface area contributed by atoms with Gasteiger partial charge in [0.2, 0.25) is 0 Å². The molecule has 1 heterocycles. The highest BCUT2D eigenvalue weighted by Crippen LogP contribution is 2.36. The van der Waals surface area contributed by atoms with Crippen LogP contribution >= 0.6 is 11.8 Å². The average Bonchev–Trinajstić information content (AvgIpc) is 2.86. The number of carboxylic acids is 1. The maximum Gasteiger partial charge on any atom is 0.337 e. The molecule has 2 amide bonds. The summed E-state index contributed by atoms with van der Waals surface area (Å²) >= 11 is 1.82. The zero-order chi connectivity index (χ0) is 15.5. The lowest BCUT2D eigenvalue weighted by atomic mass is 10.1. The second-order valence-electron chi connectivity index (χ2n) is 5.20. The highest BCUT2D eigenvalue weighted by Gasteiger charge is 2.29. The first-order valence-corrected chi connectivity index (χ1v) is 7.60. The maximum absolute atomic E-state index is 13.1. The Morgan fingerprint density at radius 2 is 2.24 bits per heavy atom. The summed E-state index contributed by atoms with van der Waals surface area (Å²) in [5.41, 5.74) is -0.197. The summed E-state index contributed by atoms with van der Waals surface area (Å²) in [6.45, 7) is 2.60. The van der Waals surface area contributed by atoms with E-state index in [0.29, 0.717) is 6.54 Å². The molecule has 1 aromatic carbocycles. The minimum absolute atomic E-state index is 0.0236. The Hall–Kier alpha value is -1.76. The first-order valence-electron chi connectivity index (χ1n) is 6.61. The molecule has 1 fully saturated rings. The lowest BCUT2D eigenvalue weighted by Crippen LogP contribution is -2.39. The van der Waals surface area contributed by atoms with Crippen LogP contribution in [0.5, 0.6) is 0 Å². The van der Waals surface area contributed by atoms with E-state index < -0.39 is 17.8 Å². The zero-order valence-corrected chi connectivity index (χ0v) is 12.4. The fraction of sp³-hybridized carbons (Fsp3) is 0.429. The molecule has 0 radical (unpaired) electrons. The Morgan fingerprint density at radius 3 is 2.86 bits per heavy atom. The molecular weight excluding hydrogens is 295 g/mol. The standard InChI is InChI=1S/C14H17FN2O3S/c1-14(5-2-6-21-14)8-16-13(20)17-11-4-3-9(15)7-10(11)12(18)19/h3-4,7H,2,5-6,8H2,1H3,(H,18,19)(H2,16,17,20). The molecule has 0 saturated carbocycles. The molecule has 0 aliphatic carbocycles. The monoisotopic (exact) mass is 312 g/mol. The Bertz CT molecular complexity index is 559. The van der Waals surface area contributed by atoms with Crippen molar-refractivity contribution in [1.82, 2.24) is 5.32 Å². The molecule has 1 saturated heterocycles. The van der Waals surface area contributed by atoms with Crippen LogP contribution in [0.1, 0.15) is 30.1 Å². The molecule has 0 bridgehead atoms. The van der Waals surface area contributed by atoms with Crippen LogP contribution in [-0.2, 0) is 0 Å². The molecule has 1 aliphatic rings. The van der Waals surface area contributed by atoms with Crippen LogP contribution in [0.4, 0.5) is 14.9 Å². The molecule has 3 N–H and O–H groups in total. The lowest BCUT2D eigenvalue weighted by Gasteiger charge is -2.23. The third-order valence-electron chi connectivity index (χ3n) is 3.38. The van der Waals surface area contributed by atoms with Gasteiger partial charge in [0.25, 0.3) is 0 Å². The summed E-state index contributed by atoms with van der Waals surface area (Å²) in [5, 5.41) is 14.2. The second-order valence-corrected chi connectivity index (χ2v) is 6.89. The van der Waals surface area contributed by atoms with Gasteiger partial charge in [0.15, 0.2) is 0 Å². The van der Waals surface area contributed by atoms with E-state index in [4.69, 9.17) is 5.11 Å². The summed E-state index contributed by atoms with van der Waals surface area (Å²) in [6.07, 6.45) is 2.17. The van der Waals surface area contributed by atoms with Crippen molar-refractivity contribution in [2.24, 2.45) is 0 Å². The Labute approximate surface area is 126 Å². The summed E-state index contributed by atoms with van der Waals surface area (Å²) in [5.74, 6) is -0.864. The quantitative estimate of drug-likeness (QED) is 0.799. The van der Waals surface area contributed by atoms with Gasteiger partial charge >= 0.3 is 12.0 Å². The van der Waals surface area contributed by atoms with E-state index in [0.717, 1.165) is 30.7 Å². The highest BCUT2D eigenvalue weighted by molar-refractivity contribution is 8.00. The van der Waals surface area contributed by atoms with Gasteiger partial charge in [-0.3, -0.25) is 0 Å². The summed E-state index contributed by atoms with van der Waals surface area (Å²) < 4.78 is 13.1. The van der Waals surface area contributed by atoms with Crippen molar-refractivity contribution in [2.45, 2.75) is 24.5 Å². The van der Waals surface area contributed by atoms with Gasteiger partial charge in [0.1, 0.15) is 5.82 Å². The van der Waals surface area contributed by atoms with Gasteiger partial charge in [-0.05, 0) is 43.7 Å². The number of anilines is 1.